The molecule has 1 fully saturated rings. The van der Waals surface area contributed by atoms with E-state index in [-0.39, 0.29) is 23.5 Å². The van der Waals surface area contributed by atoms with Gasteiger partial charge in [0.25, 0.3) is 0 Å². The highest BCUT2D eigenvalue weighted by Crippen LogP contribution is 2.28. The largest absolute Gasteiger partial charge is 0.507 e. The van der Waals surface area contributed by atoms with Gasteiger partial charge in [-0.2, -0.15) is 0 Å². The Labute approximate surface area is 143 Å². The van der Waals surface area contributed by atoms with E-state index in [0.717, 1.165) is 7.11 Å². The number of methoxy groups -OCH3 is 1. The Morgan fingerprint density at radius 3 is 2.64 bits per heavy atom. The normalized spacial score (nSPS) is 25.7. The van der Waals surface area contributed by atoms with E-state index in [2.05, 4.69) is 4.74 Å². The van der Waals surface area contributed by atoms with Crippen LogP contribution in [-0.2, 0) is 23.8 Å². The van der Waals surface area contributed by atoms with Crippen LogP contribution < -0.4 is 4.74 Å². The van der Waals surface area contributed by atoms with Gasteiger partial charge in [-0.25, -0.2) is 4.79 Å². The third-order valence-electron chi connectivity index (χ3n) is 3.56. The minimum atomic E-state index is -1.41. The Bertz CT molecular complexity index is 657. The van der Waals surface area contributed by atoms with Gasteiger partial charge < -0.3 is 29.2 Å². The Balaban J connectivity index is 2.18. The molecule has 9 nitrogen and oxygen atoms in total. The molecule has 1 aromatic carbocycles. The first-order valence-corrected chi connectivity index (χ1v) is 7.39. The van der Waals surface area contributed by atoms with Crippen LogP contribution in [0.3, 0.4) is 0 Å². The molecule has 1 saturated heterocycles. The number of rotatable bonds is 5. The maximum atomic E-state index is 11.8. The number of hydrogen-bond acceptors (Lipinski definition) is 9. The number of hydrogen-bond donors (Lipinski definition) is 2. The van der Waals surface area contributed by atoms with Crippen LogP contribution in [0, 0.1) is 0 Å². The highest BCUT2D eigenvalue weighted by atomic mass is 16.7. The van der Waals surface area contributed by atoms with Crippen LogP contribution in [0.25, 0.3) is 0 Å². The molecule has 136 valence electrons. The first-order valence-electron chi connectivity index (χ1n) is 7.39. The maximum Gasteiger partial charge on any atom is 0.338 e. The number of phenols is 1. The standard InChI is InChI=1S/C16H18O9/c1-8(18)23-12-6-13(25-15(14(12)20)16(21)22-2)24-10-4-3-9(7-17)11(19)5-10/h3-5,7,12-15,19-20H,6H2,1-2H3/t12-,13-,14+,15+/m1/s1. The number of benzene rings is 1. The summed E-state index contributed by atoms with van der Waals surface area (Å²) in [6.07, 6.45) is -4.49. The Morgan fingerprint density at radius 1 is 1.36 bits per heavy atom. The number of phenolic OH excluding ortho intramolecular Hbond substituents is 1. The van der Waals surface area contributed by atoms with Crippen molar-refractivity contribution < 1.29 is 43.5 Å². The summed E-state index contributed by atoms with van der Waals surface area (Å²) >= 11 is 0. The fourth-order valence-electron chi connectivity index (χ4n) is 2.39. The number of aliphatic hydroxyl groups excluding tert-OH is 1. The molecule has 0 aromatic heterocycles. The number of aliphatic hydroxyl groups is 1. The van der Waals surface area contributed by atoms with Crippen molar-refractivity contribution in [3.8, 4) is 11.5 Å². The van der Waals surface area contributed by atoms with Gasteiger partial charge in [-0.3, -0.25) is 9.59 Å². The number of ether oxygens (including phenoxy) is 4. The molecule has 0 aliphatic carbocycles. The molecule has 9 heteroatoms. The van der Waals surface area contributed by atoms with E-state index in [1.165, 1.54) is 25.1 Å². The highest BCUT2D eigenvalue weighted by Gasteiger charge is 2.45. The summed E-state index contributed by atoms with van der Waals surface area (Å²) in [5.74, 6) is -1.61. The third-order valence-corrected chi connectivity index (χ3v) is 3.56. The smallest absolute Gasteiger partial charge is 0.338 e. The summed E-state index contributed by atoms with van der Waals surface area (Å²) in [4.78, 5) is 33.7. The quantitative estimate of drug-likeness (QED) is 0.561. The van der Waals surface area contributed by atoms with E-state index in [9.17, 15) is 24.6 Å². The zero-order valence-corrected chi connectivity index (χ0v) is 13.6. The molecule has 0 amide bonds. The molecule has 2 N–H and O–H groups in total. The van der Waals surface area contributed by atoms with Gasteiger partial charge in [-0.1, -0.05) is 0 Å². The Kier molecular flexibility index (Phi) is 5.94. The molecule has 1 aliphatic heterocycles. The van der Waals surface area contributed by atoms with Gasteiger partial charge in [0.05, 0.1) is 12.7 Å². The minimum Gasteiger partial charge on any atom is -0.507 e. The molecule has 25 heavy (non-hydrogen) atoms. The van der Waals surface area contributed by atoms with Crippen LogP contribution in [-0.4, -0.2) is 60.1 Å². The molecule has 0 spiro atoms. The first-order chi connectivity index (χ1) is 11.8. The van der Waals surface area contributed by atoms with Gasteiger partial charge in [0.15, 0.2) is 12.4 Å². The molecule has 2 rings (SSSR count). The molecular weight excluding hydrogens is 336 g/mol. The van der Waals surface area contributed by atoms with Crippen molar-refractivity contribution >= 4 is 18.2 Å². The molecule has 4 atom stereocenters. The predicted molar refractivity (Wildman–Crippen MR) is 81.0 cm³/mol. The number of aromatic hydroxyl groups is 1. The third kappa shape index (κ3) is 4.46. The van der Waals surface area contributed by atoms with Crippen LogP contribution in [0.15, 0.2) is 18.2 Å². The number of carbonyl (C=O) groups excluding carboxylic acids is 3. The van der Waals surface area contributed by atoms with Crippen LogP contribution in [0.5, 0.6) is 11.5 Å². The van der Waals surface area contributed by atoms with E-state index in [0.29, 0.717) is 6.29 Å². The van der Waals surface area contributed by atoms with E-state index >= 15 is 0 Å². The van der Waals surface area contributed by atoms with Gasteiger partial charge in [0.1, 0.15) is 23.7 Å². The lowest BCUT2D eigenvalue weighted by Gasteiger charge is -2.37. The Hall–Kier alpha value is -2.65. The summed E-state index contributed by atoms with van der Waals surface area (Å²) < 4.78 is 20.5. The highest BCUT2D eigenvalue weighted by molar-refractivity contribution is 5.79. The molecule has 0 unspecified atom stereocenters. The molecule has 0 saturated carbocycles. The molecule has 0 bridgehead atoms. The SMILES string of the molecule is COC(=O)[C@H]1O[C@@H](Oc2ccc(C=O)c(O)c2)C[C@@H](OC(C)=O)[C@@H]1O. The zero-order chi connectivity index (χ0) is 18.6. The molecule has 1 heterocycles. The van der Waals surface area contributed by atoms with Gasteiger partial charge in [-0.15, -0.1) is 0 Å². The van der Waals surface area contributed by atoms with Crippen molar-refractivity contribution in [1.82, 2.24) is 0 Å². The van der Waals surface area contributed by atoms with Gasteiger partial charge in [0, 0.05) is 19.4 Å². The van der Waals surface area contributed by atoms with Crippen LogP contribution in [0.2, 0.25) is 0 Å². The summed E-state index contributed by atoms with van der Waals surface area (Å²) in [7, 11) is 1.12. The van der Waals surface area contributed by atoms with Crippen LogP contribution >= 0.6 is 0 Å². The van der Waals surface area contributed by atoms with Crippen LogP contribution in [0.1, 0.15) is 23.7 Å². The van der Waals surface area contributed by atoms with Crippen molar-refractivity contribution in [2.45, 2.75) is 37.9 Å². The van der Waals surface area contributed by atoms with Crippen molar-refractivity contribution in [2.75, 3.05) is 7.11 Å². The van der Waals surface area contributed by atoms with E-state index < -0.39 is 36.5 Å². The topological polar surface area (TPSA) is 129 Å². The van der Waals surface area contributed by atoms with Gasteiger partial charge in [0.2, 0.25) is 6.29 Å². The number of aldehydes is 1. The second-order valence-electron chi connectivity index (χ2n) is 5.34. The maximum absolute atomic E-state index is 11.8. The van der Waals surface area contributed by atoms with Crippen molar-refractivity contribution in [3.63, 3.8) is 0 Å². The van der Waals surface area contributed by atoms with Crippen molar-refractivity contribution in [3.05, 3.63) is 23.8 Å². The van der Waals surface area contributed by atoms with E-state index in [1.54, 1.807) is 0 Å². The average Bonchev–Trinajstić information content (AvgIpc) is 2.56. The van der Waals surface area contributed by atoms with Gasteiger partial charge >= 0.3 is 11.9 Å². The summed E-state index contributed by atoms with van der Waals surface area (Å²) in [5.41, 5.74) is 0.0811. The second kappa shape index (κ2) is 7.95. The predicted octanol–water partition coefficient (Wildman–Crippen LogP) is 0.164. The lowest BCUT2D eigenvalue weighted by Crippen LogP contribution is -2.54. The van der Waals surface area contributed by atoms with Gasteiger partial charge in [-0.05, 0) is 12.1 Å². The Morgan fingerprint density at radius 2 is 2.08 bits per heavy atom. The summed E-state index contributed by atoms with van der Waals surface area (Å²) in [5, 5.41) is 19.8. The van der Waals surface area contributed by atoms with E-state index in [1.807, 2.05) is 0 Å². The zero-order valence-electron chi connectivity index (χ0n) is 13.6. The molecular formula is C16H18O9. The molecule has 1 aliphatic rings. The molecule has 0 radical (unpaired) electrons. The lowest BCUT2D eigenvalue weighted by atomic mass is 10.0. The number of esters is 2. The molecule has 1 aromatic rings. The fraction of sp³-hybridized carbons (Fsp3) is 0.438. The van der Waals surface area contributed by atoms with Crippen LogP contribution in [0.4, 0.5) is 0 Å². The monoisotopic (exact) mass is 354 g/mol. The lowest BCUT2D eigenvalue weighted by molar-refractivity contribution is -0.235. The average molecular weight is 354 g/mol. The summed E-state index contributed by atoms with van der Waals surface area (Å²) in [6, 6.07) is 3.97. The first kappa shape index (κ1) is 18.7. The fourth-order valence-corrected chi connectivity index (χ4v) is 2.39. The van der Waals surface area contributed by atoms with Crippen molar-refractivity contribution in [2.24, 2.45) is 0 Å². The number of carbonyl (C=O) groups is 3. The minimum absolute atomic E-state index is 0.0512. The van der Waals surface area contributed by atoms with Crippen molar-refractivity contribution in [1.29, 1.82) is 0 Å². The van der Waals surface area contributed by atoms with E-state index in [4.69, 9.17) is 14.2 Å². The second-order valence-corrected chi connectivity index (χ2v) is 5.34. The summed E-state index contributed by atoms with van der Waals surface area (Å²) in [6.45, 7) is 1.17.